The standard InChI is InChI=1S/C11H10F3N3O/c1-2-7-9(6-3-4-8(15)16-5-6)17-10(18-7)11(12,13)14/h3-5H,2H2,1H3,(H2,15,16). The fourth-order valence-electron chi connectivity index (χ4n) is 1.48. The van der Waals surface area contributed by atoms with Gasteiger partial charge in [0.15, 0.2) is 0 Å². The first kappa shape index (κ1) is 12.4. The Labute approximate surface area is 101 Å². The van der Waals surface area contributed by atoms with Gasteiger partial charge in [-0.1, -0.05) is 6.92 Å². The van der Waals surface area contributed by atoms with E-state index in [1.807, 2.05) is 0 Å². The summed E-state index contributed by atoms with van der Waals surface area (Å²) in [6.07, 6.45) is -2.92. The molecule has 0 aromatic carbocycles. The lowest BCUT2D eigenvalue weighted by atomic mass is 10.1. The summed E-state index contributed by atoms with van der Waals surface area (Å²) in [4.78, 5) is 7.30. The third kappa shape index (κ3) is 2.29. The quantitative estimate of drug-likeness (QED) is 0.898. The number of hydrogen-bond acceptors (Lipinski definition) is 4. The van der Waals surface area contributed by atoms with Gasteiger partial charge in [-0.25, -0.2) is 9.97 Å². The van der Waals surface area contributed by atoms with Crippen molar-refractivity contribution in [2.75, 3.05) is 5.73 Å². The molecule has 0 saturated heterocycles. The van der Waals surface area contributed by atoms with Gasteiger partial charge in [0.25, 0.3) is 0 Å². The summed E-state index contributed by atoms with van der Waals surface area (Å²) in [5, 5.41) is 0. The molecule has 0 saturated carbocycles. The summed E-state index contributed by atoms with van der Waals surface area (Å²) >= 11 is 0. The Morgan fingerprint density at radius 3 is 2.56 bits per heavy atom. The van der Waals surface area contributed by atoms with Crippen molar-refractivity contribution >= 4 is 5.82 Å². The SMILES string of the molecule is CCc1oc(C(F)(F)F)nc1-c1ccc(N)nc1. The van der Waals surface area contributed by atoms with Gasteiger partial charge in [-0.05, 0) is 12.1 Å². The first-order valence-corrected chi connectivity index (χ1v) is 5.20. The van der Waals surface area contributed by atoms with Crippen molar-refractivity contribution in [3.05, 3.63) is 30.0 Å². The summed E-state index contributed by atoms with van der Waals surface area (Å²) in [6, 6.07) is 3.05. The maximum Gasteiger partial charge on any atom is 0.468 e. The molecule has 2 heterocycles. The second-order valence-electron chi connectivity index (χ2n) is 3.61. The zero-order chi connectivity index (χ0) is 13.3. The van der Waals surface area contributed by atoms with Crippen molar-refractivity contribution in [3.63, 3.8) is 0 Å². The molecule has 0 aliphatic carbocycles. The van der Waals surface area contributed by atoms with Gasteiger partial charge < -0.3 is 10.2 Å². The largest absolute Gasteiger partial charge is 0.468 e. The van der Waals surface area contributed by atoms with Crippen LogP contribution in [0.3, 0.4) is 0 Å². The first-order valence-electron chi connectivity index (χ1n) is 5.20. The molecular formula is C11H10F3N3O. The first-order chi connectivity index (χ1) is 8.41. The van der Waals surface area contributed by atoms with Crippen molar-refractivity contribution in [2.45, 2.75) is 19.5 Å². The minimum absolute atomic E-state index is 0.150. The van der Waals surface area contributed by atoms with Gasteiger partial charge in [0.05, 0.1) is 0 Å². The zero-order valence-electron chi connectivity index (χ0n) is 9.45. The van der Waals surface area contributed by atoms with Gasteiger partial charge >= 0.3 is 12.1 Å². The molecule has 2 aromatic heterocycles. The molecule has 0 unspecified atom stereocenters. The van der Waals surface area contributed by atoms with Crippen molar-refractivity contribution in [3.8, 4) is 11.3 Å². The van der Waals surface area contributed by atoms with Crippen LogP contribution in [0.2, 0.25) is 0 Å². The zero-order valence-corrected chi connectivity index (χ0v) is 9.45. The molecule has 0 atom stereocenters. The number of oxazole rings is 1. The average Bonchev–Trinajstić information content (AvgIpc) is 2.73. The molecule has 7 heteroatoms. The van der Waals surface area contributed by atoms with Crippen LogP contribution >= 0.6 is 0 Å². The van der Waals surface area contributed by atoms with E-state index in [4.69, 9.17) is 10.2 Å². The predicted molar refractivity (Wildman–Crippen MR) is 58.5 cm³/mol. The van der Waals surface area contributed by atoms with E-state index in [0.717, 1.165) is 0 Å². The molecule has 0 spiro atoms. The summed E-state index contributed by atoms with van der Waals surface area (Å²) in [5.41, 5.74) is 6.01. The monoisotopic (exact) mass is 257 g/mol. The van der Waals surface area contributed by atoms with Gasteiger partial charge in [-0.15, -0.1) is 0 Å². The molecule has 0 radical (unpaired) electrons. The smallest absolute Gasteiger partial charge is 0.437 e. The molecule has 0 aliphatic heterocycles. The number of anilines is 1. The second-order valence-corrected chi connectivity index (χ2v) is 3.61. The minimum atomic E-state index is -4.59. The van der Waals surface area contributed by atoms with Crippen molar-refractivity contribution in [1.82, 2.24) is 9.97 Å². The topological polar surface area (TPSA) is 64.9 Å². The third-order valence-corrected chi connectivity index (χ3v) is 2.32. The molecule has 2 rings (SSSR count). The highest BCUT2D eigenvalue weighted by Crippen LogP contribution is 2.33. The van der Waals surface area contributed by atoms with E-state index >= 15 is 0 Å². The number of pyridine rings is 1. The van der Waals surface area contributed by atoms with E-state index < -0.39 is 12.1 Å². The maximum atomic E-state index is 12.5. The Balaban J connectivity index is 2.50. The number of hydrogen-bond donors (Lipinski definition) is 1. The van der Waals surface area contributed by atoms with Crippen LogP contribution in [0.25, 0.3) is 11.3 Å². The Morgan fingerprint density at radius 2 is 2.06 bits per heavy atom. The van der Waals surface area contributed by atoms with Crippen LogP contribution in [0.4, 0.5) is 19.0 Å². The summed E-state index contributed by atoms with van der Waals surface area (Å²) < 4.78 is 42.2. The van der Waals surface area contributed by atoms with Gasteiger partial charge in [-0.3, -0.25) is 0 Å². The molecule has 0 fully saturated rings. The number of alkyl halides is 3. The van der Waals surface area contributed by atoms with Gasteiger partial charge in [0, 0.05) is 18.2 Å². The second kappa shape index (κ2) is 4.32. The fraction of sp³-hybridized carbons (Fsp3) is 0.273. The van der Waals surface area contributed by atoms with Crippen molar-refractivity contribution < 1.29 is 17.6 Å². The molecule has 2 aromatic rings. The lowest BCUT2D eigenvalue weighted by Gasteiger charge is -1.98. The van der Waals surface area contributed by atoms with Crippen LogP contribution in [-0.4, -0.2) is 9.97 Å². The van der Waals surface area contributed by atoms with Gasteiger partial charge in [-0.2, -0.15) is 13.2 Å². The van der Waals surface area contributed by atoms with Crippen LogP contribution in [0.15, 0.2) is 22.7 Å². The number of nitrogens with two attached hydrogens (primary N) is 1. The van der Waals surface area contributed by atoms with Crippen LogP contribution in [0.1, 0.15) is 18.6 Å². The molecule has 4 nitrogen and oxygen atoms in total. The summed E-state index contributed by atoms with van der Waals surface area (Å²) in [5.74, 6) is -0.781. The molecular weight excluding hydrogens is 247 g/mol. The van der Waals surface area contributed by atoms with Gasteiger partial charge in [0.1, 0.15) is 17.3 Å². The number of nitrogen functional groups attached to an aromatic ring is 1. The van der Waals surface area contributed by atoms with E-state index in [1.54, 1.807) is 13.0 Å². The van der Waals surface area contributed by atoms with E-state index in [9.17, 15) is 13.2 Å². The summed E-state index contributed by atoms with van der Waals surface area (Å²) in [7, 11) is 0. The fourth-order valence-corrected chi connectivity index (χ4v) is 1.48. The number of nitrogens with zero attached hydrogens (tertiary/aromatic N) is 2. The highest BCUT2D eigenvalue weighted by atomic mass is 19.4. The maximum absolute atomic E-state index is 12.5. The van der Waals surface area contributed by atoms with Crippen LogP contribution in [-0.2, 0) is 12.6 Å². The van der Waals surface area contributed by atoms with Crippen molar-refractivity contribution in [2.24, 2.45) is 0 Å². The Kier molecular flexibility index (Phi) is 2.98. The molecule has 0 bridgehead atoms. The minimum Gasteiger partial charge on any atom is -0.437 e. The molecule has 2 N–H and O–H groups in total. The van der Waals surface area contributed by atoms with E-state index in [-0.39, 0.29) is 17.3 Å². The number of halogens is 3. The molecule has 18 heavy (non-hydrogen) atoms. The lowest BCUT2D eigenvalue weighted by Crippen LogP contribution is -2.04. The number of aromatic nitrogens is 2. The van der Waals surface area contributed by atoms with E-state index in [0.29, 0.717) is 12.0 Å². The Bertz CT molecular complexity index is 546. The molecule has 0 aliphatic rings. The summed E-state index contributed by atoms with van der Waals surface area (Å²) in [6.45, 7) is 1.69. The van der Waals surface area contributed by atoms with Gasteiger partial charge in [0.2, 0.25) is 0 Å². The predicted octanol–water partition coefficient (Wildman–Crippen LogP) is 2.90. The number of aryl methyl sites for hydroxylation is 1. The van der Waals surface area contributed by atoms with Crippen LogP contribution in [0, 0.1) is 0 Å². The van der Waals surface area contributed by atoms with E-state index in [2.05, 4.69) is 9.97 Å². The van der Waals surface area contributed by atoms with E-state index in [1.165, 1.54) is 12.3 Å². The molecule has 96 valence electrons. The number of rotatable bonds is 2. The highest BCUT2D eigenvalue weighted by Gasteiger charge is 2.38. The van der Waals surface area contributed by atoms with Crippen LogP contribution in [0.5, 0.6) is 0 Å². The Hall–Kier alpha value is -2.05. The highest BCUT2D eigenvalue weighted by molar-refractivity contribution is 5.61. The third-order valence-electron chi connectivity index (χ3n) is 2.32. The lowest BCUT2D eigenvalue weighted by molar-refractivity contribution is -0.157. The molecule has 0 amide bonds. The normalized spacial score (nSPS) is 11.8. The average molecular weight is 257 g/mol. The Morgan fingerprint density at radius 1 is 1.33 bits per heavy atom. The van der Waals surface area contributed by atoms with Crippen molar-refractivity contribution in [1.29, 1.82) is 0 Å². The van der Waals surface area contributed by atoms with Crippen LogP contribution < -0.4 is 5.73 Å².